The molecule has 0 unspecified atom stereocenters. The van der Waals surface area contributed by atoms with E-state index >= 15 is 0 Å². The van der Waals surface area contributed by atoms with Crippen molar-refractivity contribution in [1.29, 1.82) is 0 Å². The van der Waals surface area contributed by atoms with Crippen molar-refractivity contribution in [2.45, 2.75) is 38.1 Å². The van der Waals surface area contributed by atoms with Crippen LogP contribution in [0.3, 0.4) is 0 Å². The number of nitrogens with zero attached hydrogens (tertiary/aromatic N) is 4. The van der Waals surface area contributed by atoms with Gasteiger partial charge in [-0.25, -0.2) is 32.9 Å². The molecule has 8 nitrogen and oxygen atoms in total. The fourth-order valence-electron chi connectivity index (χ4n) is 3.91. The molecule has 0 saturated heterocycles. The molecule has 0 amide bonds. The lowest BCUT2D eigenvalue weighted by atomic mass is 10.1. The average molecular weight is 503 g/mol. The van der Waals surface area contributed by atoms with Crippen LogP contribution in [-0.4, -0.2) is 34.5 Å². The zero-order chi connectivity index (χ0) is 24.6. The minimum atomic E-state index is -3.77. The molecule has 2 aromatic heterocycles. The van der Waals surface area contributed by atoms with Gasteiger partial charge in [0, 0.05) is 18.2 Å². The zero-order valence-electron chi connectivity index (χ0n) is 18.9. The highest BCUT2D eigenvalue weighted by Gasteiger charge is 2.18. The van der Waals surface area contributed by atoms with Crippen molar-refractivity contribution < 1.29 is 12.8 Å². The predicted molar refractivity (Wildman–Crippen MR) is 131 cm³/mol. The SMILES string of the molecule is Cc1nc2c(F)cc(-c3nc(NCCc4cccc(S(N)(=O)=O)c4)ncc3Cl)cc2n1C(C)C. The molecule has 3 N–H and O–H groups in total. The first-order valence-electron chi connectivity index (χ1n) is 10.6. The van der Waals surface area contributed by atoms with Crippen LogP contribution < -0.4 is 10.5 Å². The Morgan fingerprint density at radius 2 is 1.97 bits per heavy atom. The first-order chi connectivity index (χ1) is 16.0. The molecule has 0 spiro atoms. The number of aromatic nitrogens is 4. The molecule has 0 atom stereocenters. The monoisotopic (exact) mass is 502 g/mol. The number of imidazole rings is 1. The van der Waals surface area contributed by atoms with Gasteiger partial charge >= 0.3 is 0 Å². The number of anilines is 1. The summed E-state index contributed by atoms with van der Waals surface area (Å²) in [5, 5.41) is 8.59. The Bertz CT molecular complexity index is 1490. The third-order valence-corrected chi connectivity index (χ3v) is 6.57. The van der Waals surface area contributed by atoms with Crippen LogP contribution in [0.1, 0.15) is 31.3 Å². The lowest BCUT2D eigenvalue weighted by Gasteiger charge is -2.12. The number of rotatable bonds is 7. The second-order valence-electron chi connectivity index (χ2n) is 8.21. The van der Waals surface area contributed by atoms with E-state index < -0.39 is 15.8 Å². The Balaban J connectivity index is 1.59. The molecule has 0 fully saturated rings. The summed E-state index contributed by atoms with van der Waals surface area (Å²) >= 11 is 6.37. The van der Waals surface area contributed by atoms with Crippen LogP contribution in [0.4, 0.5) is 10.3 Å². The van der Waals surface area contributed by atoms with Crippen molar-refractivity contribution in [3.63, 3.8) is 0 Å². The van der Waals surface area contributed by atoms with Gasteiger partial charge in [0.1, 0.15) is 11.3 Å². The first-order valence-corrected chi connectivity index (χ1v) is 12.5. The van der Waals surface area contributed by atoms with Gasteiger partial charge in [-0.05, 0) is 57.0 Å². The number of nitrogens with two attached hydrogens (primary N) is 1. The lowest BCUT2D eigenvalue weighted by molar-refractivity contribution is 0.597. The summed E-state index contributed by atoms with van der Waals surface area (Å²) in [6.45, 7) is 6.30. The minimum absolute atomic E-state index is 0.0586. The standard InChI is InChI=1S/C23H24ClFN6O2S/c1-13(2)31-14(3)29-22-19(25)10-16(11-20(22)31)21-18(24)12-28-23(30-21)27-8-7-15-5-4-6-17(9-15)34(26,32)33/h4-6,9-13H,7-8H2,1-3H3,(H2,26,32,33)(H,27,28,30). The molecule has 0 aliphatic heterocycles. The van der Waals surface area contributed by atoms with E-state index in [0.29, 0.717) is 41.2 Å². The molecule has 0 aliphatic carbocycles. The van der Waals surface area contributed by atoms with E-state index in [4.69, 9.17) is 16.7 Å². The summed E-state index contributed by atoms with van der Waals surface area (Å²) < 4.78 is 40.0. The van der Waals surface area contributed by atoms with Crippen LogP contribution in [0, 0.1) is 12.7 Å². The number of hydrogen-bond donors (Lipinski definition) is 2. The molecule has 178 valence electrons. The molecular formula is C23H24ClFN6O2S. The zero-order valence-corrected chi connectivity index (χ0v) is 20.5. The van der Waals surface area contributed by atoms with Crippen LogP contribution in [-0.2, 0) is 16.4 Å². The van der Waals surface area contributed by atoms with Crippen molar-refractivity contribution in [3.8, 4) is 11.3 Å². The molecule has 4 rings (SSSR count). The maximum Gasteiger partial charge on any atom is 0.238 e. The van der Waals surface area contributed by atoms with Gasteiger partial charge in [-0.1, -0.05) is 23.7 Å². The van der Waals surface area contributed by atoms with Crippen LogP contribution in [0.2, 0.25) is 5.02 Å². The quantitative estimate of drug-likeness (QED) is 0.385. The molecule has 0 radical (unpaired) electrons. The number of primary sulfonamides is 1. The van der Waals surface area contributed by atoms with Gasteiger partial charge in [0.15, 0.2) is 5.82 Å². The summed E-state index contributed by atoms with van der Waals surface area (Å²) in [6, 6.07) is 9.73. The topological polar surface area (TPSA) is 116 Å². The van der Waals surface area contributed by atoms with Crippen molar-refractivity contribution in [2.75, 3.05) is 11.9 Å². The molecule has 0 aliphatic rings. The lowest BCUT2D eigenvalue weighted by Crippen LogP contribution is -2.13. The number of sulfonamides is 1. The molecule has 11 heteroatoms. The Kier molecular flexibility index (Phi) is 6.57. The largest absolute Gasteiger partial charge is 0.354 e. The van der Waals surface area contributed by atoms with Crippen LogP contribution >= 0.6 is 11.6 Å². The fraction of sp³-hybridized carbons (Fsp3) is 0.261. The van der Waals surface area contributed by atoms with Gasteiger partial charge in [-0.3, -0.25) is 0 Å². The summed E-state index contributed by atoms with van der Waals surface area (Å²) in [5.74, 6) is 0.591. The molecule has 2 aromatic carbocycles. The van der Waals surface area contributed by atoms with E-state index in [1.165, 1.54) is 24.4 Å². The second kappa shape index (κ2) is 9.28. The molecule has 2 heterocycles. The Morgan fingerprint density at radius 1 is 1.21 bits per heavy atom. The fourth-order valence-corrected chi connectivity index (χ4v) is 4.69. The number of aryl methyl sites for hydroxylation is 1. The molecule has 0 saturated carbocycles. The molecule has 4 aromatic rings. The van der Waals surface area contributed by atoms with Gasteiger partial charge in [-0.15, -0.1) is 0 Å². The summed E-state index contributed by atoms with van der Waals surface area (Å²) in [6.07, 6.45) is 1.97. The van der Waals surface area contributed by atoms with Gasteiger partial charge in [0.25, 0.3) is 0 Å². The summed E-state index contributed by atoms with van der Waals surface area (Å²) in [5.41, 5.74) is 2.67. The smallest absolute Gasteiger partial charge is 0.238 e. The highest BCUT2D eigenvalue weighted by molar-refractivity contribution is 7.89. The Hall–Kier alpha value is -3.08. The van der Waals surface area contributed by atoms with Crippen LogP contribution in [0.25, 0.3) is 22.3 Å². The van der Waals surface area contributed by atoms with Crippen molar-refractivity contribution in [3.05, 3.63) is 64.8 Å². The Labute approximate surface area is 202 Å². The van der Waals surface area contributed by atoms with E-state index in [1.807, 2.05) is 37.5 Å². The van der Waals surface area contributed by atoms with E-state index in [1.54, 1.807) is 6.07 Å². The predicted octanol–water partition coefficient (Wildman–Crippen LogP) is 4.48. The summed E-state index contributed by atoms with van der Waals surface area (Å²) in [4.78, 5) is 13.1. The van der Waals surface area contributed by atoms with Gasteiger partial charge in [-0.2, -0.15) is 0 Å². The van der Waals surface area contributed by atoms with Gasteiger partial charge in [0.2, 0.25) is 16.0 Å². The minimum Gasteiger partial charge on any atom is -0.354 e. The first kappa shape index (κ1) is 24.1. The van der Waals surface area contributed by atoms with E-state index in [2.05, 4.69) is 20.3 Å². The Morgan fingerprint density at radius 3 is 2.68 bits per heavy atom. The molecular weight excluding hydrogens is 479 g/mol. The number of fused-ring (bicyclic) bond motifs is 1. The summed E-state index contributed by atoms with van der Waals surface area (Å²) in [7, 11) is -3.77. The normalized spacial score (nSPS) is 12.0. The number of nitrogens with one attached hydrogen (secondary N) is 1. The highest BCUT2D eigenvalue weighted by atomic mass is 35.5. The maximum atomic E-state index is 14.9. The molecule has 34 heavy (non-hydrogen) atoms. The van der Waals surface area contributed by atoms with Crippen molar-refractivity contribution >= 4 is 38.6 Å². The third kappa shape index (κ3) is 4.89. The van der Waals surface area contributed by atoms with E-state index in [9.17, 15) is 12.8 Å². The van der Waals surface area contributed by atoms with Crippen LogP contribution in [0.5, 0.6) is 0 Å². The van der Waals surface area contributed by atoms with E-state index in [-0.39, 0.29) is 16.0 Å². The van der Waals surface area contributed by atoms with Gasteiger partial charge in [0.05, 0.1) is 27.3 Å². The van der Waals surface area contributed by atoms with Crippen molar-refractivity contribution in [2.24, 2.45) is 5.14 Å². The van der Waals surface area contributed by atoms with Crippen LogP contribution in [0.15, 0.2) is 47.5 Å². The van der Waals surface area contributed by atoms with Crippen molar-refractivity contribution in [1.82, 2.24) is 19.5 Å². The van der Waals surface area contributed by atoms with E-state index in [0.717, 1.165) is 11.4 Å². The van der Waals surface area contributed by atoms with Gasteiger partial charge < -0.3 is 9.88 Å². The number of hydrogen-bond acceptors (Lipinski definition) is 6. The third-order valence-electron chi connectivity index (χ3n) is 5.38. The number of halogens is 2. The second-order valence-corrected chi connectivity index (χ2v) is 10.2. The molecule has 0 bridgehead atoms. The maximum absolute atomic E-state index is 14.9. The highest BCUT2D eigenvalue weighted by Crippen LogP contribution is 2.32. The number of benzene rings is 2. The average Bonchev–Trinajstić information content (AvgIpc) is 3.11.